The lowest BCUT2D eigenvalue weighted by Gasteiger charge is -2.32. The van der Waals surface area contributed by atoms with Crippen molar-refractivity contribution in [3.8, 4) is 0 Å². The lowest BCUT2D eigenvalue weighted by atomic mass is 10.00. The van der Waals surface area contributed by atoms with E-state index < -0.39 is 10.0 Å². The first kappa shape index (κ1) is 15.9. The van der Waals surface area contributed by atoms with Crippen LogP contribution in [0.15, 0.2) is 27.6 Å². The first-order valence-corrected chi connectivity index (χ1v) is 9.09. The predicted molar refractivity (Wildman–Crippen MR) is 84.3 cm³/mol. The zero-order valence-electron chi connectivity index (χ0n) is 11.9. The number of hydrogen-bond donors (Lipinski definition) is 1. The van der Waals surface area contributed by atoms with Crippen LogP contribution in [0.5, 0.6) is 0 Å². The zero-order valence-corrected chi connectivity index (χ0v) is 14.3. The highest BCUT2D eigenvalue weighted by Gasteiger charge is 2.31. The van der Waals surface area contributed by atoms with E-state index in [-0.39, 0.29) is 0 Å². The molecule has 20 heavy (non-hydrogen) atoms. The molecule has 6 heteroatoms. The number of aryl methyl sites for hydroxylation is 1. The Morgan fingerprint density at radius 3 is 2.90 bits per heavy atom. The Morgan fingerprint density at radius 1 is 1.45 bits per heavy atom. The first-order valence-electron chi connectivity index (χ1n) is 6.86. The topological polar surface area (TPSA) is 49.4 Å². The van der Waals surface area contributed by atoms with E-state index in [0.29, 0.717) is 28.4 Å². The van der Waals surface area contributed by atoms with E-state index in [2.05, 4.69) is 21.2 Å². The molecule has 0 spiro atoms. The van der Waals surface area contributed by atoms with Crippen LogP contribution in [0.3, 0.4) is 0 Å². The Labute approximate surface area is 129 Å². The van der Waals surface area contributed by atoms with Crippen molar-refractivity contribution in [3.63, 3.8) is 0 Å². The van der Waals surface area contributed by atoms with Gasteiger partial charge in [0.15, 0.2) is 0 Å². The zero-order chi connectivity index (χ0) is 14.8. The molecule has 0 bridgehead atoms. The summed E-state index contributed by atoms with van der Waals surface area (Å²) < 4.78 is 27.8. The Bertz CT molecular complexity index is 573. The van der Waals surface area contributed by atoms with Gasteiger partial charge in [-0.05, 0) is 72.9 Å². The fourth-order valence-corrected chi connectivity index (χ4v) is 5.21. The van der Waals surface area contributed by atoms with Crippen molar-refractivity contribution in [2.75, 3.05) is 26.7 Å². The molecule has 1 aliphatic heterocycles. The molecular formula is C14H21BrN2O2S. The summed E-state index contributed by atoms with van der Waals surface area (Å²) >= 11 is 3.36. The lowest BCUT2D eigenvalue weighted by Crippen LogP contribution is -2.42. The van der Waals surface area contributed by atoms with Crippen molar-refractivity contribution in [1.82, 2.24) is 9.62 Å². The van der Waals surface area contributed by atoms with Crippen molar-refractivity contribution < 1.29 is 8.42 Å². The quantitative estimate of drug-likeness (QED) is 0.896. The Morgan fingerprint density at radius 2 is 2.20 bits per heavy atom. The van der Waals surface area contributed by atoms with Crippen LogP contribution in [0.4, 0.5) is 0 Å². The van der Waals surface area contributed by atoms with Gasteiger partial charge in [0.1, 0.15) is 0 Å². The molecule has 0 radical (unpaired) electrons. The highest BCUT2D eigenvalue weighted by molar-refractivity contribution is 9.10. The summed E-state index contributed by atoms with van der Waals surface area (Å²) in [5, 5.41) is 3.14. The second-order valence-corrected chi connectivity index (χ2v) is 8.12. The van der Waals surface area contributed by atoms with Gasteiger partial charge in [-0.25, -0.2) is 8.42 Å². The summed E-state index contributed by atoms with van der Waals surface area (Å²) in [7, 11) is -1.50. The molecule has 1 heterocycles. The third-order valence-electron chi connectivity index (χ3n) is 3.68. The molecule has 1 N–H and O–H groups in total. The average molecular weight is 361 g/mol. The Balaban J connectivity index is 2.27. The fourth-order valence-electron chi connectivity index (χ4n) is 2.65. The molecule has 0 unspecified atom stereocenters. The molecule has 1 aromatic rings. The molecule has 0 aromatic heterocycles. The van der Waals surface area contributed by atoms with E-state index in [1.54, 1.807) is 16.4 Å². The summed E-state index contributed by atoms with van der Waals surface area (Å²) in [6.45, 7) is 3.99. The number of halogens is 1. The fraction of sp³-hybridized carbons (Fsp3) is 0.571. The van der Waals surface area contributed by atoms with Crippen LogP contribution < -0.4 is 5.32 Å². The Hall–Kier alpha value is -0.430. The molecular weight excluding hydrogens is 340 g/mol. The molecule has 112 valence electrons. The summed E-state index contributed by atoms with van der Waals surface area (Å²) in [4.78, 5) is 0.377. The molecule has 1 atom stereocenters. The van der Waals surface area contributed by atoms with E-state index in [9.17, 15) is 8.42 Å². The van der Waals surface area contributed by atoms with Gasteiger partial charge in [0.2, 0.25) is 10.0 Å². The van der Waals surface area contributed by atoms with Crippen molar-refractivity contribution in [3.05, 3.63) is 28.2 Å². The number of nitrogens with one attached hydrogen (secondary N) is 1. The van der Waals surface area contributed by atoms with Gasteiger partial charge in [-0.3, -0.25) is 0 Å². The van der Waals surface area contributed by atoms with Crippen molar-refractivity contribution in [2.45, 2.75) is 24.7 Å². The van der Waals surface area contributed by atoms with Gasteiger partial charge in [0.05, 0.1) is 4.90 Å². The highest BCUT2D eigenvalue weighted by atomic mass is 79.9. The van der Waals surface area contributed by atoms with E-state index >= 15 is 0 Å². The number of rotatable bonds is 4. The summed E-state index contributed by atoms with van der Waals surface area (Å²) in [6.07, 6.45) is 2.01. The van der Waals surface area contributed by atoms with Gasteiger partial charge in [-0.2, -0.15) is 4.31 Å². The van der Waals surface area contributed by atoms with E-state index in [1.807, 2.05) is 20.0 Å². The van der Waals surface area contributed by atoms with Crippen molar-refractivity contribution >= 4 is 26.0 Å². The second-order valence-electron chi connectivity index (χ2n) is 5.36. The van der Waals surface area contributed by atoms with Crippen LogP contribution in [0, 0.1) is 12.8 Å². The molecule has 0 saturated carbocycles. The van der Waals surface area contributed by atoms with Crippen LogP contribution in [0.1, 0.15) is 18.4 Å². The van der Waals surface area contributed by atoms with Gasteiger partial charge >= 0.3 is 0 Å². The average Bonchev–Trinajstić information content (AvgIpc) is 2.42. The molecule has 1 fully saturated rings. The summed E-state index contributed by atoms with van der Waals surface area (Å²) in [6, 6.07) is 5.45. The smallest absolute Gasteiger partial charge is 0.244 e. The maximum atomic E-state index is 12.8. The standard InChI is InChI=1S/C14H21BrN2O2S/c1-11-5-6-13(15)14(8-11)20(18,19)17-7-3-4-12(10-17)9-16-2/h5-6,8,12,16H,3-4,7,9-10H2,1-2H3/t12-/m0/s1. The Kier molecular flexibility index (Phi) is 5.23. The van der Waals surface area contributed by atoms with E-state index in [4.69, 9.17) is 0 Å². The number of hydrogen-bond acceptors (Lipinski definition) is 3. The third kappa shape index (κ3) is 3.42. The van der Waals surface area contributed by atoms with Crippen molar-refractivity contribution in [2.24, 2.45) is 5.92 Å². The van der Waals surface area contributed by atoms with Gasteiger partial charge in [0, 0.05) is 17.6 Å². The number of nitrogens with zero attached hydrogens (tertiary/aromatic N) is 1. The number of sulfonamides is 1. The van der Waals surface area contributed by atoms with Gasteiger partial charge in [0.25, 0.3) is 0 Å². The summed E-state index contributed by atoms with van der Waals surface area (Å²) in [5.41, 5.74) is 0.954. The van der Waals surface area contributed by atoms with Gasteiger partial charge in [-0.1, -0.05) is 6.07 Å². The maximum Gasteiger partial charge on any atom is 0.244 e. The van der Waals surface area contributed by atoms with Crippen LogP contribution in [-0.4, -0.2) is 39.4 Å². The molecule has 0 amide bonds. The maximum absolute atomic E-state index is 12.8. The SMILES string of the molecule is CNC[C@@H]1CCCN(S(=O)(=O)c2cc(C)ccc2Br)C1. The number of piperidine rings is 1. The number of benzene rings is 1. The van der Waals surface area contributed by atoms with Crippen LogP contribution in [0.2, 0.25) is 0 Å². The van der Waals surface area contributed by atoms with Crippen LogP contribution in [0.25, 0.3) is 0 Å². The molecule has 0 aliphatic carbocycles. The van der Waals surface area contributed by atoms with Crippen LogP contribution in [-0.2, 0) is 10.0 Å². The van der Waals surface area contributed by atoms with Crippen molar-refractivity contribution in [1.29, 1.82) is 0 Å². The molecule has 4 nitrogen and oxygen atoms in total. The minimum Gasteiger partial charge on any atom is -0.319 e. The monoisotopic (exact) mass is 360 g/mol. The highest BCUT2D eigenvalue weighted by Crippen LogP contribution is 2.29. The second kappa shape index (κ2) is 6.56. The summed E-state index contributed by atoms with van der Waals surface area (Å²) in [5.74, 6) is 0.395. The molecule has 2 rings (SSSR count). The molecule has 1 aromatic carbocycles. The van der Waals surface area contributed by atoms with E-state index in [1.165, 1.54) is 0 Å². The largest absolute Gasteiger partial charge is 0.319 e. The normalized spacial score (nSPS) is 21.1. The molecule has 1 aliphatic rings. The first-order chi connectivity index (χ1) is 9.45. The third-order valence-corrected chi connectivity index (χ3v) is 6.54. The molecule has 1 saturated heterocycles. The minimum atomic E-state index is -3.41. The van der Waals surface area contributed by atoms with Crippen LogP contribution >= 0.6 is 15.9 Å². The lowest BCUT2D eigenvalue weighted by molar-refractivity contribution is 0.263. The predicted octanol–water partition coefficient (Wildman–Crippen LogP) is 2.38. The minimum absolute atomic E-state index is 0.377. The van der Waals surface area contributed by atoms with E-state index in [0.717, 1.165) is 24.9 Å². The van der Waals surface area contributed by atoms with Gasteiger partial charge < -0.3 is 5.32 Å². The van der Waals surface area contributed by atoms with Gasteiger partial charge in [-0.15, -0.1) is 0 Å².